The lowest BCUT2D eigenvalue weighted by Crippen LogP contribution is -2.07. The number of alkyl halides is 3. The zero-order valence-electron chi connectivity index (χ0n) is 10.4. The Morgan fingerprint density at radius 2 is 1.50 bits per heavy atom. The van der Waals surface area contributed by atoms with Gasteiger partial charge in [0.1, 0.15) is 0 Å². The first kappa shape index (κ1) is 17.9. The molecule has 0 spiro atoms. The first-order chi connectivity index (χ1) is 7.34. The van der Waals surface area contributed by atoms with E-state index in [1.165, 1.54) is 11.7 Å². The van der Waals surface area contributed by atoms with Gasteiger partial charge >= 0.3 is 6.18 Å². The summed E-state index contributed by atoms with van der Waals surface area (Å²) in [5.74, 6) is 0. The van der Waals surface area contributed by atoms with E-state index in [0.717, 1.165) is 0 Å². The molecule has 0 aromatic carbocycles. The zero-order valence-corrected chi connectivity index (χ0v) is 12.0. The first-order valence-electron chi connectivity index (χ1n) is 5.10. The van der Waals surface area contributed by atoms with E-state index in [2.05, 4.69) is 21.0 Å². The van der Waals surface area contributed by atoms with Crippen LogP contribution < -0.4 is 0 Å². The Morgan fingerprint density at radius 1 is 1.12 bits per heavy atom. The molecule has 0 aliphatic rings. The largest absolute Gasteiger partial charge is 0.436 e. The van der Waals surface area contributed by atoms with Crippen molar-refractivity contribution in [3.63, 3.8) is 0 Å². The van der Waals surface area contributed by atoms with Gasteiger partial charge in [0.15, 0.2) is 5.69 Å². The summed E-state index contributed by atoms with van der Waals surface area (Å²) in [6, 6.07) is 0. The van der Waals surface area contributed by atoms with Crippen LogP contribution in [-0.4, -0.2) is 9.78 Å². The van der Waals surface area contributed by atoms with E-state index in [0.29, 0.717) is 5.69 Å². The molecule has 0 aliphatic carbocycles. The Kier molecular flexibility index (Phi) is 8.60. The lowest BCUT2D eigenvalue weighted by atomic mass is 10.4. The van der Waals surface area contributed by atoms with Gasteiger partial charge in [0.2, 0.25) is 0 Å². The molecule has 0 N–H and O–H groups in total. The van der Waals surface area contributed by atoms with Gasteiger partial charge in [0, 0.05) is 12.7 Å². The number of rotatable bonds is 0. The highest BCUT2D eigenvalue weighted by molar-refractivity contribution is 9.10. The van der Waals surface area contributed by atoms with Crippen molar-refractivity contribution in [1.82, 2.24) is 9.78 Å². The number of hydrogen-bond donors (Lipinski definition) is 0. The van der Waals surface area contributed by atoms with Crippen LogP contribution in [0.1, 0.15) is 39.1 Å². The second-order valence-electron chi connectivity index (χ2n) is 2.37. The standard InChI is InChI=1S/C6H6BrF3N2.2C2H6/c1-3-4(7)5(6(8,9)10)11-12(3)2;2*1-2/h1-2H3;2*1-2H3. The van der Waals surface area contributed by atoms with Crippen molar-refractivity contribution >= 4 is 15.9 Å². The molecule has 16 heavy (non-hydrogen) atoms. The van der Waals surface area contributed by atoms with E-state index in [-0.39, 0.29) is 4.47 Å². The normalized spacial score (nSPS) is 9.88. The van der Waals surface area contributed by atoms with Crippen molar-refractivity contribution < 1.29 is 13.2 Å². The molecule has 0 atom stereocenters. The summed E-state index contributed by atoms with van der Waals surface area (Å²) < 4.78 is 37.6. The summed E-state index contributed by atoms with van der Waals surface area (Å²) in [5, 5.41) is 3.33. The van der Waals surface area contributed by atoms with E-state index in [1.807, 2.05) is 27.7 Å². The molecule has 0 saturated carbocycles. The van der Waals surface area contributed by atoms with Crippen LogP contribution in [0.3, 0.4) is 0 Å². The van der Waals surface area contributed by atoms with Gasteiger partial charge in [-0.2, -0.15) is 18.3 Å². The minimum atomic E-state index is -4.38. The average molecular weight is 303 g/mol. The van der Waals surface area contributed by atoms with Crippen LogP contribution in [0.2, 0.25) is 0 Å². The van der Waals surface area contributed by atoms with Crippen molar-refractivity contribution in [1.29, 1.82) is 0 Å². The van der Waals surface area contributed by atoms with Crippen molar-refractivity contribution in [3.05, 3.63) is 15.9 Å². The Bertz CT molecular complexity index is 306. The van der Waals surface area contributed by atoms with E-state index < -0.39 is 11.9 Å². The van der Waals surface area contributed by atoms with Crippen molar-refractivity contribution in [2.45, 2.75) is 40.8 Å². The molecule has 6 heteroatoms. The minimum Gasteiger partial charge on any atom is -0.271 e. The molecule has 0 amide bonds. The molecule has 1 heterocycles. The minimum absolute atomic E-state index is 0.0116. The number of aromatic nitrogens is 2. The molecule has 0 bridgehead atoms. The summed E-state index contributed by atoms with van der Waals surface area (Å²) in [6.07, 6.45) is -4.38. The molecule has 1 rings (SSSR count). The molecule has 0 fully saturated rings. The highest BCUT2D eigenvalue weighted by atomic mass is 79.9. The van der Waals surface area contributed by atoms with Crippen molar-refractivity contribution in [3.8, 4) is 0 Å². The summed E-state index contributed by atoms with van der Waals surface area (Å²) >= 11 is 2.83. The van der Waals surface area contributed by atoms with Gasteiger partial charge in [-0.1, -0.05) is 27.7 Å². The highest BCUT2D eigenvalue weighted by Gasteiger charge is 2.37. The maximum atomic E-state index is 12.1. The monoisotopic (exact) mass is 302 g/mol. The van der Waals surface area contributed by atoms with Gasteiger partial charge in [0.05, 0.1) is 4.47 Å². The van der Waals surface area contributed by atoms with Crippen molar-refractivity contribution in [2.24, 2.45) is 7.05 Å². The molecular formula is C10H18BrF3N2. The van der Waals surface area contributed by atoms with Gasteiger partial charge in [-0.05, 0) is 22.9 Å². The van der Waals surface area contributed by atoms with Gasteiger partial charge in [-0.15, -0.1) is 0 Å². The predicted octanol–water partition coefficient (Wildman–Crippen LogP) is 4.56. The van der Waals surface area contributed by atoms with Gasteiger partial charge in [-0.3, -0.25) is 4.68 Å². The van der Waals surface area contributed by atoms with Crippen LogP contribution in [0.25, 0.3) is 0 Å². The van der Waals surface area contributed by atoms with E-state index in [1.54, 1.807) is 6.92 Å². The third kappa shape index (κ3) is 4.55. The van der Waals surface area contributed by atoms with Crippen LogP contribution >= 0.6 is 15.9 Å². The molecular weight excluding hydrogens is 285 g/mol. The second-order valence-corrected chi connectivity index (χ2v) is 3.16. The molecule has 1 aromatic rings. The van der Waals surface area contributed by atoms with Crippen molar-refractivity contribution in [2.75, 3.05) is 0 Å². The number of nitrogens with zero attached hydrogens (tertiary/aromatic N) is 2. The van der Waals surface area contributed by atoms with Crippen LogP contribution in [-0.2, 0) is 13.2 Å². The fourth-order valence-corrected chi connectivity index (χ4v) is 1.32. The lowest BCUT2D eigenvalue weighted by Gasteiger charge is -2.01. The number of halogens is 4. The molecule has 0 unspecified atom stereocenters. The first-order valence-corrected chi connectivity index (χ1v) is 5.89. The highest BCUT2D eigenvalue weighted by Crippen LogP contribution is 2.34. The van der Waals surface area contributed by atoms with Crippen LogP contribution in [0, 0.1) is 6.92 Å². The van der Waals surface area contributed by atoms with Gasteiger partial charge in [0.25, 0.3) is 0 Å². The predicted molar refractivity (Wildman–Crippen MR) is 63.3 cm³/mol. The molecule has 2 nitrogen and oxygen atoms in total. The molecule has 96 valence electrons. The zero-order chi connectivity index (χ0) is 13.5. The van der Waals surface area contributed by atoms with Crippen LogP contribution in [0.15, 0.2) is 4.47 Å². The molecule has 1 aromatic heterocycles. The second kappa shape index (κ2) is 7.70. The lowest BCUT2D eigenvalue weighted by molar-refractivity contribution is -0.142. The van der Waals surface area contributed by atoms with Crippen LogP contribution in [0.4, 0.5) is 13.2 Å². The summed E-state index contributed by atoms with van der Waals surface area (Å²) in [4.78, 5) is 0. The maximum absolute atomic E-state index is 12.1. The molecule has 0 aliphatic heterocycles. The Hall–Kier alpha value is -0.520. The summed E-state index contributed by atoms with van der Waals surface area (Å²) in [5.41, 5.74) is -0.412. The smallest absolute Gasteiger partial charge is 0.271 e. The van der Waals surface area contributed by atoms with Crippen LogP contribution in [0.5, 0.6) is 0 Å². The summed E-state index contributed by atoms with van der Waals surface area (Å²) in [6.45, 7) is 9.56. The SMILES string of the molecule is CC.CC.Cc1c(Br)c(C(F)(F)F)nn1C. The molecule has 0 saturated heterocycles. The van der Waals surface area contributed by atoms with Gasteiger partial charge in [-0.25, -0.2) is 0 Å². The van der Waals surface area contributed by atoms with E-state index in [4.69, 9.17) is 0 Å². The molecule has 0 radical (unpaired) electrons. The number of hydrogen-bond acceptors (Lipinski definition) is 1. The Morgan fingerprint density at radius 3 is 1.62 bits per heavy atom. The number of aryl methyl sites for hydroxylation is 1. The maximum Gasteiger partial charge on any atom is 0.436 e. The van der Waals surface area contributed by atoms with Gasteiger partial charge < -0.3 is 0 Å². The third-order valence-electron chi connectivity index (χ3n) is 1.53. The summed E-state index contributed by atoms with van der Waals surface area (Å²) in [7, 11) is 1.47. The fraction of sp³-hybridized carbons (Fsp3) is 0.700. The third-order valence-corrected chi connectivity index (χ3v) is 2.48. The fourth-order valence-electron chi connectivity index (χ4n) is 0.763. The Balaban J connectivity index is 0. The topological polar surface area (TPSA) is 17.8 Å². The Labute approximate surface area is 103 Å². The quantitative estimate of drug-likeness (QED) is 0.687. The van der Waals surface area contributed by atoms with E-state index in [9.17, 15) is 13.2 Å². The van der Waals surface area contributed by atoms with E-state index >= 15 is 0 Å². The average Bonchev–Trinajstić information content (AvgIpc) is 2.51.